The minimum Gasteiger partial charge on any atom is -0.504 e. The van der Waals surface area contributed by atoms with E-state index in [-0.39, 0.29) is 17.1 Å². The standard InChI is InChI=1S/C19H19N5O2/c1-4-17-22-10(2)18(24-17)12-8-14(23-19(21)13(12)9-20)11-5-6-15(25)16(7-11)26-3/h5-8,25H,4H2,1-3H3,(H2,21,23)(H,22,24). The van der Waals surface area contributed by atoms with Gasteiger partial charge >= 0.3 is 0 Å². The molecule has 0 unspecified atom stereocenters. The molecule has 3 aromatic rings. The Kier molecular flexibility index (Phi) is 4.50. The summed E-state index contributed by atoms with van der Waals surface area (Å²) in [7, 11) is 1.48. The average molecular weight is 349 g/mol. The molecule has 0 saturated carbocycles. The molecule has 7 heteroatoms. The Balaban J connectivity index is 2.23. The predicted molar refractivity (Wildman–Crippen MR) is 98.7 cm³/mol. The number of nitriles is 1. The van der Waals surface area contributed by atoms with Gasteiger partial charge in [0, 0.05) is 23.2 Å². The minimum atomic E-state index is 0.0359. The summed E-state index contributed by atoms with van der Waals surface area (Å²) < 4.78 is 5.16. The highest BCUT2D eigenvalue weighted by Gasteiger charge is 2.18. The lowest BCUT2D eigenvalue weighted by atomic mass is 10.0. The zero-order chi connectivity index (χ0) is 18.8. The van der Waals surface area contributed by atoms with Crippen LogP contribution in [0.2, 0.25) is 0 Å². The van der Waals surface area contributed by atoms with Crippen molar-refractivity contribution < 1.29 is 9.84 Å². The number of phenolic OH excluding ortho intramolecular Hbond substituents is 1. The monoisotopic (exact) mass is 349 g/mol. The molecular formula is C19H19N5O2. The molecule has 7 nitrogen and oxygen atoms in total. The summed E-state index contributed by atoms with van der Waals surface area (Å²) in [6, 6.07) is 8.81. The van der Waals surface area contributed by atoms with E-state index in [1.54, 1.807) is 18.2 Å². The number of benzene rings is 1. The van der Waals surface area contributed by atoms with E-state index in [0.29, 0.717) is 28.3 Å². The maximum absolute atomic E-state index is 9.79. The number of aromatic hydroxyl groups is 1. The number of aromatic amines is 1. The fraction of sp³-hybridized carbons (Fsp3) is 0.211. The van der Waals surface area contributed by atoms with Gasteiger partial charge in [0.1, 0.15) is 23.3 Å². The molecule has 2 heterocycles. The molecule has 1 aromatic carbocycles. The van der Waals surface area contributed by atoms with Gasteiger partial charge in [0.2, 0.25) is 0 Å². The molecule has 0 saturated heterocycles. The summed E-state index contributed by atoms with van der Waals surface area (Å²) in [5.41, 5.74) is 9.77. The molecule has 0 fully saturated rings. The van der Waals surface area contributed by atoms with E-state index in [2.05, 4.69) is 21.0 Å². The molecular weight excluding hydrogens is 330 g/mol. The fourth-order valence-corrected chi connectivity index (χ4v) is 2.81. The molecule has 2 aromatic heterocycles. The second kappa shape index (κ2) is 6.76. The number of phenols is 1. The number of nitrogen functional groups attached to an aromatic ring is 1. The second-order valence-corrected chi connectivity index (χ2v) is 5.82. The third kappa shape index (κ3) is 2.93. The topological polar surface area (TPSA) is 121 Å². The van der Waals surface area contributed by atoms with Crippen LogP contribution in [0.3, 0.4) is 0 Å². The van der Waals surface area contributed by atoms with Crippen LogP contribution >= 0.6 is 0 Å². The molecule has 0 radical (unpaired) electrons. The second-order valence-electron chi connectivity index (χ2n) is 5.82. The van der Waals surface area contributed by atoms with Gasteiger partial charge in [-0.15, -0.1) is 0 Å². The van der Waals surface area contributed by atoms with Gasteiger partial charge in [0.25, 0.3) is 0 Å². The lowest BCUT2D eigenvalue weighted by Crippen LogP contribution is -2.00. The molecule has 0 bridgehead atoms. The van der Waals surface area contributed by atoms with Crippen LogP contribution in [0.1, 0.15) is 24.0 Å². The summed E-state index contributed by atoms with van der Waals surface area (Å²) in [5.74, 6) is 1.34. The number of nitrogens with zero attached hydrogens (tertiary/aromatic N) is 3. The van der Waals surface area contributed by atoms with E-state index in [1.807, 2.05) is 13.8 Å². The third-order valence-electron chi connectivity index (χ3n) is 4.16. The van der Waals surface area contributed by atoms with E-state index < -0.39 is 0 Å². The van der Waals surface area contributed by atoms with Gasteiger partial charge < -0.3 is 20.6 Å². The minimum absolute atomic E-state index is 0.0359. The van der Waals surface area contributed by atoms with E-state index in [0.717, 1.165) is 17.9 Å². The van der Waals surface area contributed by atoms with Gasteiger partial charge in [-0.1, -0.05) is 6.92 Å². The van der Waals surface area contributed by atoms with Gasteiger partial charge in [0.15, 0.2) is 11.5 Å². The van der Waals surface area contributed by atoms with Crippen LogP contribution in [0.5, 0.6) is 11.5 Å². The van der Waals surface area contributed by atoms with Crippen LogP contribution in [-0.4, -0.2) is 27.2 Å². The molecule has 0 aliphatic carbocycles. The number of imidazole rings is 1. The highest BCUT2D eigenvalue weighted by molar-refractivity contribution is 5.80. The molecule has 0 spiro atoms. The maximum Gasteiger partial charge on any atom is 0.161 e. The van der Waals surface area contributed by atoms with Crippen LogP contribution in [0, 0.1) is 18.3 Å². The Morgan fingerprint density at radius 3 is 2.69 bits per heavy atom. The Bertz CT molecular complexity index is 1020. The smallest absolute Gasteiger partial charge is 0.161 e. The zero-order valence-corrected chi connectivity index (χ0v) is 14.8. The first kappa shape index (κ1) is 17.3. The van der Waals surface area contributed by atoms with Gasteiger partial charge in [0.05, 0.1) is 18.5 Å². The van der Waals surface area contributed by atoms with Gasteiger partial charge in [-0.3, -0.25) is 0 Å². The molecule has 26 heavy (non-hydrogen) atoms. The fourth-order valence-electron chi connectivity index (χ4n) is 2.81. The molecule has 132 valence electrons. The van der Waals surface area contributed by atoms with Crippen molar-refractivity contribution in [1.82, 2.24) is 15.0 Å². The molecule has 4 N–H and O–H groups in total. The predicted octanol–water partition coefficient (Wildman–Crippen LogP) is 3.18. The van der Waals surface area contributed by atoms with Gasteiger partial charge in [-0.25, -0.2) is 9.97 Å². The van der Waals surface area contributed by atoms with Crippen molar-refractivity contribution in [1.29, 1.82) is 5.26 Å². The Hall–Kier alpha value is -3.53. The summed E-state index contributed by atoms with van der Waals surface area (Å²) >= 11 is 0. The summed E-state index contributed by atoms with van der Waals surface area (Å²) in [6.45, 7) is 3.91. The molecule has 0 atom stereocenters. The number of anilines is 1. The number of pyridine rings is 1. The number of aromatic nitrogens is 3. The van der Waals surface area contributed by atoms with Crippen LogP contribution in [0.15, 0.2) is 24.3 Å². The Labute approximate surface area is 151 Å². The Morgan fingerprint density at radius 2 is 2.08 bits per heavy atom. The van der Waals surface area contributed by atoms with E-state index in [1.165, 1.54) is 13.2 Å². The third-order valence-corrected chi connectivity index (χ3v) is 4.16. The van der Waals surface area contributed by atoms with Crippen LogP contribution in [0.25, 0.3) is 22.5 Å². The highest BCUT2D eigenvalue weighted by atomic mass is 16.5. The van der Waals surface area contributed by atoms with Crippen molar-refractivity contribution in [3.8, 4) is 40.1 Å². The van der Waals surface area contributed by atoms with Crippen molar-refractivity contribution in [3.63, 3.8) is 0 Å². The number of hydrogen-bond donors (Lipinski definition) is 3. The normalized spacial score (nSPS) is 10.5. The van der Waals surface area contributed by atoms with Crippen LogP contribution in [-0.2, 0) is 6.42 Å². The lowest BCUT2D eigenvalue weighted by molar-refractivity contribution is 0.373. The summed E-state index contributed by atoms with van der Waals surface area (Å²) in [5, 5.41) is 19.3. The van der Waals surface area contributed by atoms with E-state index >= 15 is 0 Å². The molecule has 0 aliphatic heterocycles. The quantitative estimate of drug-likeness (QED) is 0.665. The number of aryl methyl sites for hydroxylation is 2. The number of ether oxygens (including phenoxy) is 1. The van der Waals surface area contributed by atoms with Crippen molar-refractivity contribution in [2.45, 2.75) is 20.3 Å². The molecule has 0 amide bonds. The van der Waals surface area contributed by atoms with E-state index in [9.17, 15) is 10.4 Å². The van der Waals surface area contributed by atoms with Crippen molar-refractivity contribution >= 4 is 5.82 Å². The van der Waals surface area contributed by atoms with E-state index in [4.69, 9.17) is 10.5 Å². The first-order valence-corrected chi connectivity index (χ1v) is 8.12. The average Bonchev–Trinajstić information content (AvgIpc) is 3.02. The summed E-state index contributed by atoms with van der Waals surface area (Å²) in [6.07, 6.45) is 0.755. The first-order chi connectivity index (χ1) is 12.5. The van der Waals surface area contributed by atoms with Crippen LogP contribution < -0.4 is 10.5 Å². The number of methoxy groups -OCH3 is 1. The first-order valence-electron chi connectivity index (χ1n) is 8.12. The molecule has 0 aliphatic rings. The maximum atomic E-state index is 9.79. The van der Waals surface area contributed by atoms with Gasteiger partial charge in [-0.05, 0) is 31.2 Å². The zero-order valence-electron chi connectivity index (χ0n) is 14.8. The van der Waals surface area contributed by atoms with Crippen molar-refractivity contribution in [2.75, 3.05) is 12.8 Å². The number of rotatable bonds is 4. The largest absolute Gasteiger partial charge is 0.504 e. The summed E-state index contributed by atoms with van der Waals surface area (Å²) in [4.78, 5) is 12.1. The SMILES string of the molecule is CCc1nc(-c2cc(-c3ccc(O)c(OC)c3)nc(N)c2C#N)c(C)[nH]1. The van der Waals surface area contributed by atoms with Crippen LogP contribution in [0.4, 0.5) is 5.82 Å². The van der Waals surface area contributed by atoms with Crippen molar-refractivity contribution in [3.05, 3.63) is 41.3 Å². The number of hydrogen-bond acceptors (Lipinski definition) is 6. The molecule has 3 rings (SSSR count). The van der Waals surface area contributed by atoms with Crippen molar-refractivity contribution in [2.24, 2.45) is 0 Å². The number of nitrogens with one attached hydrogen (secondary N) is 1. The number of H-pyrrole nitrogens is 1. The van der Waals surface area contributed by atoms with Gasteiger partial charge in [-0.2, -0.15) is 5.26 Å². The lowest BCUT2D eigenvalue weighted by Gasteiger charge is -2.10. The number of nitrogens with two attached hydrogens (primary N) is 1. The Morgan fingerprint density at radius 1 is 1.31 bits per heavy atom. The highest BCUT2D eigenvalue weighted by Crippen LogP contribution is 2.35.